The number of nitrogens with zero attached hydrogens (tertiary/aromatic N) is 1. The Bertz CT molecular complexity index is 337. The molecule has 2 rings (SSSR count). The van der Waals surface area contributed by atoms with Crippen molar-refractivity contribution in [1.82, 2.24) is 4.98 Å². The predicted molar refractivity (Wildman–Crippen MR) is 49.8 cm³/mol. The molecule has 56 valence electrons. The highest BCUT2D eigenvalue weighted by molar-refractivity contribution is 7.20. The van der Waals surface area contributed by atoms with E-state index in [1.165, 1.54) is 4.88 Å². The van der Waals surface area contributed by atoms with E-state index >= 15 is 0 Å². The van der Waals surface area contributed by atoms with Gasteiger partial charge in [-0.05, 0) is 11.4 Å². The van der Waals surface area contributed by atoms with Crippen LogP contribution < -0.4 is 5.73 Å². The molecular weight excluding hydrogens is 176 g/mol. The van der Waals surface area contributed by atoms with E-state index in [0.717, 1.165) is 4.88 Å². The van der Waals surface area contributed by atoms with Crippen molar-refractivity contribution in [3.63, 3.8) is 0 Å². The molecule has 0 unspecified atom stereocenters. The summed E-state index contributed by atoms with van der Waals surface area (Å²) in [6, 6.07) is 4.06. The molecule has 2 aromatic heterocycles. The molecule has 0 saturated heterocycles. The average molecular weight is 182 g/mol. The fourth-order valence-corrected chi connectivity index (χ4v) is 2.44. The maximum atomic E-state index is 5.64. The van der Waals surface area contributed by atoms with Gasteiger partial charge >= 0.3 is 0 Å². The third-order valence-electron chi connectivity index (χ3n) is 1.34. The van der Waals surface area contributed by atoms with Gasteiger partial charge in [-0.15, -0.1) is 22.7 Å². The van der Waals surface area contributed by atoms with E-state index in [1.807, 2.05) is 11.4 Å². The minimum absolute atomic E-state index is 0.637. The first-order valence-electron chi connectivity index (χ1n) is 3.11. The first-order chi connectivity index (χ1) is 5.38. The fraction of sp³-hybridized carbons (Fsp3) is 0. The third kappa shape index (κ3) is 1.15. The molecule has 0 atom stereocenters. The summed E-state index contributed by atoms with van der Waals surface area (Å²) in [5, 5.41) is 2.04. The number of hydrogen-bond donors (Lipinski definition) is 1. The molecule has 2 aromatic rings. The molecule has 0 bridgehead atoms. The lowest BCUT2D eigenvalue weighted by Crippen LogP contribution is -1.84. The minimum Gasteiger partial charge on any atom is -0.382 e. The summed E-state index contributed by atoms with van der Waals surface area (Å²) in [6.07, 6.45) is 0. The summed E-state index contributed by atoms with van der Waals surface area (Å²) in [4.78, 5) is 6.26. The van der Waals surface area contributed by atoms with Gasteiger partial charge in [0.05, 0.1) is 10.4 Å². The molecule has 0 aromatic carbocycles. The van der Waals surface area contributed by atoms with Gasteiger partial charge in [0, 0.05) is 4.88 Å². The number of thiophene rings is 1. The first-order valence-corrected chi connectivity index (χ1v) is 4.86. The van der Waals surface area contributed by atoms with Crippen LogP contribution in [0, 0.1) is 0 Å². The summed E-state index contributed by atoms with van der Waals surface area (Å²) in [6.45, 7) is 0. The van der Waals surface area contributed by atoms with Crippen LogP contribution in [0.25, 0.3) is 9.75 Å². The lowest BCUT2D eigenvalue weighted by atomic mass is 10.4. The normalized spacial score (nSPS) is 10.2. The highest BCUT2D eigenvalue weighted by Gasteiger charge is 2.04. The highest BCUT2D eigenvalue weighted by Crippen LogP contribution is 2.32. The number of hydrogen-bond acceptors (Lipinski definition) is 4. The Labute approximate surface area is 72.3 Å². The van der Waals surface area contributed by atoms with E-state index in [2.05, 4.69) is 11.1 Å². The summed E-state index contributed by atoms with van der Waals surface area (Å²) < 4.78 is 0. The Morgan fingerprint density at radius 1 is 1.36 bits per heavy atom. The molecule has 2 nitrogen and oxygen atoms in total. The van der Waals surface area contributed by atoms with Crippen LogP contribution in [0.5, 0.6) is 0 Å². The van der Waals surface area contributed by atoms with Crippen LogP contribution in [0.4, 0.5) is 5.82 Å². The Kier molecular flexibility index (Phi) is 1.63. The summed E-state index contributed by atoms with van der Waals surface area (Å²) in [5.41, 5.74) is 7.41. The Morgan fingerprint density at radius 2 is 2.27 bits per heavy atom. The molecule has 0 saturated carbocycles. The standard InChI is InChI=1S/C7H6N2S2/c8-7-6(11-4-9-7)5-2-1-3-10-5/h1-4H,8H2. The molecule has 0 spiro atoms. The summed E-state index contributed by atoms with van der Waals surface area (Å²) in [7, 11) is 0. The zero-order valence-corrected chi connectivity index (χ0v) is 7.28. The maximum absolute atomic E-state index is 5.64. The zero-order chi connectivity index (χ0) is 7.68. The second kappa shape index (κ2) is 2.64. The van der Waals surface area contributed by atoms with Crippen molar-refractivity contribution < 1.29 is 0 Å². The average Bonchev–Trinajstić information content (AvgIpc) is 2.55. The minimum atomic E-state index is 0.637. The largest absolute Gasteiger partial charge is 0.382 e. The van der Waals surface area contributed by atoms with Crippen LogP contribution in [0.1, 0.15) is 0 Å². The van der Waals surface area contributed by atoms with E-state index in [0.29, 0.717) is 5.82 Å². The SMILES string of the molecule is Nc1ncsc1-c1cccs1. The van der Waals surface area contributed by atoms with Crippen LogP contribution >= 0.6 is 22.7 Å². The lowest BCUT2D eigenvalue weighted by molar-refractivity contribution is 1.43. The zero-order valence-electron chi connectivity index (χ0n) is 5.65. The van der Waals surface area contributed by atoms with Crippen LogP contribution in [0.2, 0.25) is 0 Å². The topological polar surface area (TPSA) is 38.9 Å². The summed E-state index contributed by atoms with van der Waals surface area (Å²) in [5.74, 6) is 0.637. The van der Waals surface area contributed by atoms with Gasteiger partial charge in [-0.2, -0.15) is 0 Å². The summed E-state index contributed by atoms with van der Waals surface area (Å²) >= 11 is 3.27. The molecule has 2 heterocycles. The predicted octanol–water partition coefficient (Wildman–Crippen LogP) is 2.45. The number of nitrogen functional groups attached to an aromatic ring is 1. The van der Waals surface area contributed by atoms with Crippen LogP contribution in [-0.4, -0.2) is 4.98 Å². The molecule has 0 aliphatic rings. The number of rotatable bonds is 1. The van der Waals surface area contributed by atoms with Crippen LogP contribution in [0.15, 0.2) is 23.0 Å². The van der Waals surface area contributed by atoms with E-state index in [-0.39, 0.29) is 0 Å². The molecular formula is C7H6N2S2. The lowest BCUT2D eigenvalue weighted by Gasteiger charge is -1.89. The van der Waals surface area contributed by atoms with Crippen molar-refractivity contribution in [2.24, 2.45) is 0 Å². The van der Waals surface area contributed by atoms with Crippen molar-refractivity contribution in [3.05, 3.63) is 23.0 Å². The van der Waals surface area contributed by atoms with Gasteiger partial charge in [-0.25, -0.2) is 4.98 Å². The van der Waals surface area contributed by atoms with Crippen molar-refractivity contribution in [2.75, 3.05) is 5.73 Å². The first kappa shape index (κ1) is 6.82. The number of nitrogens with two attached hydrogens (primary N) is 1. The number of aromatic nitrogens is 1. The van der Waals surface area contributed by atoms with Gasteiger partial charge in [0.15, 0.2) is 0 Å². The van der Waals surface area contributed by atoms with Gasteiger partial charge < -0.3 is 5.73 Å². The third-order valence-corrected chi connectivity index (χ3v) is 3.23. The van der Waals surface area contributed by atoms with E-state index in [4.69, 9.17) is 5.73 Å². The quantitative estimate of drug-likeness (QED) is 0.735. The van der Waals surface area contributed by atoms with E-state index < -0.39 is 0 Å². The van der Waals surface area contributed by atoms with Crippen molar-refractivity contribution in [3.8, 4) is 9.75 Å². The van der Waals surface area contributed by atoms with Gasteiger partial charge in [0.2, 0.25) is 0 Å². The molecule has 0 aliphatic carbocycles. The second-order valence-corrected chi connectivity index (χ2v) is 3.85. The van der Waals surface area contributed by atoms with Crippen LogP contribution in [-0.2, 0) is 0 Å². The molecule has 0 fully saturated rings. The molecule has 11 heavy (non-hydrogen) atoms. The number of anilines is 1. The fourth-order valence-electron chi connectivity index (χ4n) is 0.847. The van der Waals surface area contributed by atoms with Crippen molar-refractivity contribution in [1.29, 1.82) is 0 Å². The van der Waals surface area contributed by atoms with Crippen molar-refractivity contribution in [2.45, 2.75) is 0 Å². The van der Waals surface area contributed by atoms with Gasteiger partial charge in [-0.3, -0.25) is 0 Å². The highest BCUT2D eigenvalue weighted by atomic mass is 32.1. The van der Waals surface area contributed by atoms with Gasteiger partial charge in [-0.1, -0.05) is 6.07 Å². The molecule has 0 amide bonds. The maximum Gasteiger partial charge on any atom is 0.143 e. The Hall–Kier alpha value is -0.870. The molecule has 4 heteroatoms. The molecule has 2 N–H and O–H groups in total. The smallest absolute Gasteiger partial charge is 0.143 e. The Morgan fingerprint density at radius 3 is 2.82 bits per heavy atom. The molecule has 0 aliphatic heterocycles. The monoisotopic (exact) mass is 182 g/mol. The van der Waals surface area contributed by atoms with E-state index in [9.17, 15) is 0 Å². The van der Waals surface area contributed by atoms with Crippen LogP contribution in [0.3, 0.4) is 0 Å². The van der Waals surface area contributed by atoms with E-state index in [1.54, 1.807) is 28.2 Å². The number of thiazole rings is 1. The second-order valence-electron chi connectivity index (χ2n) is 2.04. The van der Waals surface area contributed by atoms with Gasteiger partial charge in [0.1, 0.15) is 5.82 Å². The van der Waals surface area contributed by atoms with Crippen molar-refractivity contribution >= 4 is 28.5 Å². The Balaban J connectivity index is 2.53. The molecule has 0 radical (unpaired) electrons. The van der Waals surface area contributed by atoms with Gasteiger partial charge in [0.25, 0.3) is 0 Å².